The van der Waals surface area contributed by atoms with E-state index in [0.29, 0.717) is 6.42 Å². The summed E-state index contributed by atoms with van der Waals surface area (Å²) in [7, 11) is 0. The zero-order valence-corrected chi connectivity index (χ0v) is 22.4. The van der Waals surface area contributed by atoms with Crippen LogP contribution in [-0.2, 0) is 4.79 Å². The molecule has 2 N–H and O–H groups in total. The van der Waals surface area contributed by atoms with E-state index in [1.807, 2.05) is 13.8 Å². The fraction of sp³-hybridized carbons (Fsp3) is 0.400. The van der Waals surface area contributed by atoms with Gasteiger partial charge in [-0.2, -0.15) is 0 Å². The van der Waals surface area contributed by atoms with Gasteiger partial charge in [0.1, 0.15) is 5.75 Å². The molecule has 0 saturated carbocycles. The van der Waals surface area contributed by atoms with Crippen molar-refractivity contribution in [1.29, 1.82) is 0 Å². The minimum Gasteiger partial charge on any atom is -0.507 e. The number of ketones is 1. The number of para-hydroxylation sites is 1. The molecule has 0 fully saturated rings. The molecule has 192 valence electrons. The zero-order valence-electron chi connectivity index (χ0n) is 21.6. The summed E-state index contributed by atoms with van der Waals surface area (Å²) in [6.07, 6.45) is 28.6. The quantitative estimate of drug-likeness (QED) is 0.0983. The van der Waals surface area contributed by atoms with Gasteiger partial charge in [0.05, 0.1) is 11.3 Å². The fourth-order valence-corrected chi connectivity index (χ4v) is 3.39. The highest BCUT2D eigenvalue weighted by molar-refractivity contribution is 7.98. The van der Waals surface area contributed by atoms with Crippen molar-refractivity contribution >= 4 is 23.6 Å². The maximum Gasteiger partial charge on any atom is 0.229 e. The fourth-order valence-electron chi connectivity index (χ4n) is 2.77. The molecular formula is C30H43NO3S. The monoisotopic (exact) mass is 497 g/mol. The Labute approximate surface area is 217 Å². The molecule has 35 heavy (non-hydrogen) atoms. The lowest BCUT2D eigenvalue weighted by Crippen LogP contribution is -2.17. The summed E-state index contributed by atoms with van der Waals surface area (Å²) in [5.74, 6) is -0.237. The second kappa shape index (κ2) is 24.3. The van der Waals surface area contributed by atoms with E-state index in [-0.39, 0.29) is 28.8 Å². The van der Waals surface area contributed by atoms with E-state index in [4.69, 9.17) is 0 Å². The number of carbonyl (C=O) groups is 2. The maximum absolute atomic E-state index is 12.0. The van der Waals surface area contributed by atoms with Crippen molar-refractivity contribution in [2.75, 3.05) is 5.75 Å². The summed E-state index contributed by atoms with van der Waals surface area (Å²) in [4.78, 5) is 23.9. The van der Waals surface area contributed by atoms with Gasteiger partial charge in [-0.05, 0) is 69.0 Å². The molecule has 1 aromatic carbocycles. The first-order valence-electron chi connectivity index (χ1n) is 12.6. The second-order valence-electron chi connectivity index (χ2n) is 7.35. The second-order valence-corrected chi connectivity index (χ2v) is 8.14. The van der Waals surface area contributed by atoms with E-state index >= 15 is 0 Å². The van der Waals surface area contributed by atoms with Crippen LogP contribution in [0.15, 0.2) is 85.0 Å². The van der Waals surface area contributed by atoms with Crippen molar-refractivity contribution in [3.05, 3.63) is 90.6 Å². The molecule has 0 heterocycles. The molecule has 4 nitrogen and oxygen atoms in total. The Morgan fingerprint density at radius 3 is 1.89 bits per heavy atom. The molecule has 0 saturated heterocycles. The molecule has 0 bridgehead atoms. The molecule has 1 rings (SSSR count). The molecule has 1 amide bonds. The van der Waals surface area contributed by atoms with Crippen LogP contribution in [0.3, 0.4) is 0 Å². The number of allylic oxidation sites excluding steroid dienone is 10. The summed E-state index contributed by atoms with van der Waals surface area (Å²) in [6.45, 7) is 6.14. The van der Waals surface area contributed by atoms with Crippen molar-refractivity contribution in [2.45, 2.75) is 72.1 Å². The zero-order chi connectivity index (χ0) is 26.0. The average Bonchev–Trinajstić information content (AvgIpc) is 2.87. The molecule has 0 radical (unpaired) electrons. The normalized spacial score (nSPS) is 11.6. The van der Waals surface area contributed by atoms with Crippen LogP contribution < -0.4 is 4.72 Å². The van der Waals surface area contributed by atoms with Gasteiger partial charge in [-0.25, -0.2) is 0 Å². The van der Waals surface area contributed by atoms with Crippen LogP contribution in [0.25, 0.3) is 0 Å². The van der Waals surface area contributed by atoms with Gasteiger partial charge in [0.15, 0.2) is 5.78 Å². The van der Waals surface area contributed by atoms with E-state index in [2.05, 4.69) is 72.4 Å². The Morgan fingerprint density at radius 1 is 0.829 bits per heavy atom. The predicted molar refractivity (Wildman–Crippen MR) is 153 cm³/mol. The van der Waals surface area contributed by atoms with Gasteiger partial charge in [0.25, 0.3) is 0 Å². The predicted octanol–water partition coefficient (Wildman–Crippen LogP) is 8.29. The highest BCUT2D eigenvalue weighted by atomic mass is 32.2. The SMILES string of the molecule is CC.CC/C=C\C/C=C\C/C=C\C/C=C\C/C=C\CCCC(=O)NSCC(=O)c1ccccc1O. The van der Waals surface area contributed by atoms with Gasteiger partial charge in [-0.3, -0.25) is 14.3 Å². The molecule has 0 aliphatic rings. The third-order valence-corrected chi connectivity index (χ3v) is 5.30. The largest absolute Gasteiger partial charge is 0.507 e. The lowest BCUT2D eigenvalue weighted by atomic mass is 10.1. The molecule has 5 heteroatoms. The van der Waals surface area contributed by atoms with Crippen molar-refractivity contribution in [1.82, 2.24) is 4.72 Å². The Bertz CT molecular complexity index is 838. The Hall–Kier alpha value is -2.79. The minimum absolute atomic E-state index is 0.0357. The number of rotatable bonds is 17. The topological polar surface area (TPSA) is 66.4 Å². The van der Waals surface area contributed by atoms with Crippen molar-refractivity contribution in [3.63, 3.8) is 0 Å². The molecule has 0 unspecified atom stereocenters. The van der Waals surface area contributed by atoms with Gasteiger partial charge >= 0.3 is 0 Å². The van der Waals surface area contributed by atoms with E-state index in [0.717, 1.165) is 56.9 Å². The van der Waals surface area contributed by atoms with Gasteiger partial charge < -0.3 is 5.11 Å². The highest BCUT2D eigenvalue weighted by Crippen LogP contribution is 2.17. The van der Waals surface area contributed by atoms with E-state index in [9.17, 15) is 14.7 Å². The number of nitrogens with one attached hydrogen (secondary N) is 1. The van der Waals surface area contributed by atoms with E-state index in [1.165, 1.54) is 6.07 Å². The van der Waals surface area contributed by atoms with Crippen molar-refractivity contribution < 1.29 is 14.7 Å². The smallest absolute Gasteiger partial charge is 0.229 e. The van der Waals surface area contributed by atoms with Crippen molar-refractivity contribution in [2.24, 2.45) is 0 Å². The number of unbranched alkanes of at least 4 members (excludes halogenated alkanes) is 1. The lowest BCUT2D eigenvalue weighted by molar-refractivity contribution is -0.119. The van der Waals surface area contributed by atoms with Crippen LogP contribution in [0.5, 0.6) is 5.75 Å². The van der Waals surface area contributed by atoms with Crippen LogP contribution >= 0.6 is 11.9 Å². The van der Waals surface area contributed by atoms with E-state index in [1.54, 1.807) is 18.2 Å². The minimum atomic E-state index is -0.211. The van der Waals surface area contributed by atoms with Crippen LogP contribution in [0.1, 0.15) is 82.5 Å². The van der Waals surface area contributed by atoms with Crippen LogP contribution in [-0.4, -0.2) is 22.5 Å². The summed E-state index contributed by atoms with van der Waals surface area (Å²) >= 11 is 1.06. The summed E-state index contributed by atoms with van der Waals surface area (Å²) in [6, 6.07) is 6.42. The van der Waals surface area contributed by atoms with Crippen LogP contribution in [0.2, 0.25) is 0 Å². The van der Waals surface area contributed by atoms with Gasteiger partial charge in [0, 0.05) is 6.42 Å². The number of carbonyl (C=O) groups excluding carboxylic acids is 2. The van der Waals surface area contributed by atoms with Crippen molar-refractivity contribution in [3.8, 4) is 5.75 Å². The third-order valence-electron chi connectivity index (χ3n) is 4.53. The van der Waals surface area contributed by atoms with Crippen LogP contribution in [0, 0.1) is 0 Å². The third kappa shape index (κ3) is 19.2. The number of amides is 1. The summed E-state index contributed by atoms with van der Waals surface area (Å²) in [5.41, 5.74) is 0.276. The lowest BCUT2D eigenvalue weighted by Gasteiger charge is -2.05. The first-order valence-corrected chi connectivity index (χ1v) is 13.6. The molecule has 0 aromatic heterocycles. The standard InChI is InChI=1S/C28H37NO3S.C2H6/c1-2-3-4-5-6-7-8-9-10-11-12-13-14-15-16-17-18-23-28(32)29-33-24-27(31)25-21-19-20-22-26(25)30;1-2/h3-4,6-7,9-10,12-13,15-16,19-22,30H,2,5,8,11,14,17-18,23-24H2,1H3,(H,29,32);1-2H3/b4-3-,7-6-,10-9-,13-12-,16-15-;. The number of hydrogen-bond donors (Lipinski definition) is 2. The number of benzene rings is 1. The molecule has 0 aliphatic carbocycles. The Morgan fingerprint density at radius 2 is 1.34 bits per heavy atom. The Kier molecular flexibility index (Phi) is 22.4. The highest BCUT2D eigenvalue weighted by Gasteiger charge is 2.11. The number of phenols is 1. The van der Waals surface area contributed by atoms with Gasteiger partial charge in [0.2, 0.25) is 5.91 Å². The first-order chi connectivity index (χ1) is 17.1. The Balaban J connectivity index is 0.00000562. The summed E-state index contributed by atoms with van der Waals surface area (Å²) < 4.78 is 2.68. The molecule has 1 aromatic rings. The molecule has 0 spiro atoms. The number of phenolic OH excluding ortho intramolecular Hbond substituents is 1. The van der Waals surface area contributed by atoms with Crippen LogP contribution in [0.4, 0.5) is 0 Å². The molecule has 0 aliphatic heterocycles. The van der Waals surface area contributed by atoms with Gasteiger partial charge in [-0.1, -0.05) is 93.7 Å². The molecule has 0 atom stereocenters. The average molecular weight is 498 g/mol. The first kappa shape index (κ1) is 32.2. The number of Topliss-reactive ketones (excluding diaryl/α,β-unsaturated/α-hetero) is 1. The van der Waals surface area contributed by atoms with E-state index < -0.39 is 0 Å². The maximum atomic E-state index is 12.0. The number of aromatic hydroxyl groups is 1. The van der Waals surface area contributed by atoms with Gasteiger partial charge in [-0.15, -0.1) is 0 Å². The number of hydrogen-bond acceptors (Lipinski definition) is 4. The molecular weight excluding hydrogens is 454 g/mol. The summed E-state index contributed by atoms with van der Waals surface area (Å²) in [5, 5.41) is 9.67.